The second-order valence-corrected chi connectivity index (χ2v) is 4.84. The van der Waals surface area contributed by atoms with Crippen LogP contribution >= 0.6 is 11.6 Å². The number of hydrogen-bond acceptors (Lipinski definition) is 2. The van der Waals surface area contributed by atoms with Gasteiger partial charge in [0.2, 0.25) is 0 Å². The van der Waals surface area contributed by atoms with E-state index in [1.54, 1.807) is 0 Å². The molecule has 0 radical (unpaired) electrons. The van der Waals surface area contributed by atoms with Gasteiger partial charge in [0.25, 0.3) is 0 Å². The molecule has 2 rings (SSSR count). The molecule has 1 N–H and O–H groups in total. The minimum Gasteiger partial charge on any atom is -0.312 e. The molecule has 1 aromatic carbocycles. The normalized spacial score (nSPS) is 18.9. The quantitative estimate of drug-likeness (QED) is 0.868. The van der Waals surface area contributed by atoms with E-state index in [0.29, 0.717) is 6.04 Å². The summed E-state index contributed by atoms with van der Waals surface area (Å²) in [6.45, 7) is 3.58. The Kier molecular flexibility index (Phi) is 4.22. The highest BCUT2D eigenvalue weighted by molar-refractivity contribution is 6.30. The first-order valence-electron chi connectivity index (χ1n) is 5.94. The first-order chi connectivity index (χ1) is 7.79. The number of hydrogen-bond donors (Lipinski definition) is 1. The average molecular weight is 239 g/mol. The SMILES string of the molecule is CNC(CN1CCCC1)c1ccc(Cl)cc1. The molecule has 0 saturated carbocycles. The summed E-state index contributed by atoms with van der Waals surface area (Å²) in [4.78, 5) is 2.52. The molecule has 0 spiro atoms. The standard InChI is InChI=1S/C13H19ClN2/c1-15-13(10-16-8-2-3-9-16)11-4-6-12(14)7-5-11/h4-7,13,15H,2-3,8-10H2,1H3. The van der Waals surface area contributed by atoms with Crippen molar-refractivity contribution in [2.45, 2.75) is 18.9 Å². The largest absolute Gasteiger partial charge is 0.312 e. The van der Waals surface area contributed by atoms with Crippen molar-refractivity contribution in [1.29, 1.82) is 0 Å². The highest BCUT2D eigenvalue weighted by Gasteiger charge is 2.17. The van der Waals surface area contributed by atoms with Crippen molar-refractivity contribution >= 4 is 11.6 Å². The zero-order valence-corrected chi connectivity index (χ0v) is 10.5. The summed E-state index contributed by atoms with van der Waals surface area (Å²) >= 11 is 5.90. The number of nitrogens with zero attached hydrogens (tertiary/aromatic N) is 1. The van der Waals surface area contributed by atoms with Crippen LogP contribution in [-0.4, -0.2) is 31.6 Å². The van der Waals surface area contributed by atoms with E-state index in [2.05, 4.69) is 22.3 Å². The summed E-state index contributed by atoms with van der Waals surface area (Å²) in [6.07, 6.45) is 2.69. The van der Waals surface area contributed by atoms with Crippen LogP contribution in [0, 0.1) is 0 Å². The maximum atomic E-state index is 5.90. The topological polar surface area (TPSA) is 15.3 Å². The van der Waals surface area contributed by atoms with Gasteiger partial charge in [0.1, 0.15) is 0 Å². The second kappa shape index (κ2) is 5.67. The molecule has 0 bridgehead atoms. The van der Waals surface area contributed by atoms with Crippen molar-refractivity contribution in [3.05, 3.63) is 34.9 Å². The monoisotopic (exact) mass is 238 g/mol. The molecule has 0 amide bonds. The molecule has 1 saturated heterocycles. The van der Waals surface area contributed by atoms with E-state index in [0.717, 1.165) is 11.6 Å². The minimum atomic E-state index is 0.412. The predicted molar refractivity (Wildman–Crippen MR) is 68.9 cm³/mol. The van der Waals surface area contributed by atoms with Gasteiger partial charge in [-0.25, -0.2) is 0 Å². The van der Waals surface area contributed by atoms with E-state index in [-0.39, 0.29) is 0 Å². The van der Waals surface area contributed by atoms with Gasteiger partial charge in [-0.15, -0.1) is 0 Å². The molecule has 1 heterocycles. The van der Waals surface area contributed by atoms with Crippen molar-refractivity contribution in [2.24, 2.45) is 0 Å². The van der Waals surface area contributed by atoms with Crippen molar-refractivity contribution < 1.29 is 0 Å². The summed E-state index contributed by atoms with van der Waals surface area (Å²) in [5, 5.41) is 4.19. The molecule has 0 aromatic heterocycles. The van der Waals surface area contributed by atoms with Crippen LogP contribution in [-0.2, 0) is 0 Å². The lowest BCUT2D eigenvalue weighted by molar-refractivity contribution is 0.299. The van der Waals surface area contributed by atoms with E-state index in [1.807, 2.05) is 19.2 Å². The zero-order chi connectivity index (χ0) is 11.4. The Bertz CT molecular complexity index is 317. The molecular formula is C13H19ClN2. The van der Waals surface area contributed by atoms with Crippen LogP contribution in [0.4, 0.5) is 0 Å². The van der Waals surface area contributed by atoms with Crippen molar-refractivity contribution in [1.82, 2.24) is 10.2 Å². The van der Waals surface area contributed by atoms with E-state index >= 15 is 0 Å². The predicted octanol–water partition coefficient (Wildman–Crippen LogP) is 2.70. The lowest BCUT2D eigenvalue weighted by Gasteiger charge is -2.23. The maximum Gasteiger partial charge on any atom is 0.0446 e. The first kappa shape index (κ1) is 11.9. The fourth-order valence-electron chi connectivity index (χ4n) is 2.28. The van der Waals surface area contributed by atoms with Crippen LogP contribution in [0.3, 0.4) is 0 Å². The second-order valence-electron chi connectivity index (χ2n) is 4.40. The molecule has 3 heteroatoms. The number of halogens is 1. The third-order valence-electron chi connectivity index (χ3n) is 3.26. The first-order valence-corrected chi connectivity index (χ1v) is 6.32. The van der Waals surface area contributed by atoms with Crippen LogP contribution in [0.25, 0.3) is 0 Å². The Labute approximate surface area is 103 Å². The average Bonchev–Trinajstić information content (AvgIpc) is 2.80. The Morgan fingerprint density at radius 1 is 1.25 bits per heavy atom. The fraction of sp³-hybridized carbons (Fsp3) is 0.538. The minimum absolute atomic E-state index is 0.412. The van der Waals surface area contributed by atoms with E-state index in [4.69, 9.17) is 11.6 Å². The molecule has 1 unspecified atom stereocenters. The number of likely N-dealkylation sites (tertiary alicyclic amines) is 1. The van der Waals surface area contributed by atoms with E-state index in [9.17, 15) is 0 Å². The summed E-state index contributed by atoms with van der Waals surface area (Å²) in [5.74, 6) is 0. The van der Waals surface area contributed by atoms with Crippen LogP contribution in [0.1, 0.15) is 24.4 Å². The molecule has 88 valence electrons. The third kappa shape index (κ3) is 2.97. The Hall–Kier alpha value is -0.570. The number of benzene rings is 1. The molecule has 1 atom stereocenters. The maximum absolute atomic E-state index is 5.90. The van der Waals surface area contributed by atoms with Crippen LogP contribution in [0.2, 0.25) is 5.02 Å². The van der Waals surface area contributed by atoms with Crippen LogP contribution in [0.15, 0.2) is 24.3 Å². The molecule has 1 fully saturated rings. The van der Waals surface area contributed by atoms with Crippen molar-refractivity contribution in [3.8, 4) is 0 Å². The Balaban J connectivity index is 2.00. The molecule has 16 heavy (non-hydrogen) atoms. The smallest absolute Gasteiger partial charge is 0.0446 e. The van der Waals surface area contributed by atoms with Gasteiger partial charge in [0, 0.05) is 17.6 Å². The van der Waals surface area contributed by atoms with Gasteiger partial charge in [-0.1, -0.05) is 23.7 Å². The number of likely N-dealkylation sites (N-methyl/N-ethyl adjacent to an activating group) is 1. The summed E-state index contributed by atoms with van der Waals surface area (Å²) < 4.78 is 0. The van der Waals surface area contributed by atoms with Crippen LogP contribution in [0.5, 0.6) is 0 Å². The van der Waals surface area contributed by atoms with Gasteiger partial charge in [-0.2, -0.15) is 0 Å². The van der Waals surface area contributed by atoms with Gasteiger partial charge >= 0.3 is 0 Å². The van der Waals surface area contributed by atoms with Gasteiger partial charge in [-0.05, 0) is 50.7 Å². The highest BCUT2D eigenvalue weighted by Crippen LogP contribution is 2.19. The Morgan fingerprint density at radius 3 is 2.44 bits per heavy atom. The number of nitrogens with one attached hydrogen (secondary N) is 1. The lowest BCUT2D eigenvalue weighted by Crippen LogP contribution is -2.31. The molecule has 2 nitrogen and oxygen atoms in total. The molecular weight excluding hydrogens is 220 g/mol. The summed E-state index contributed by atoms with van der Waals surface area (Å²) in [5.41, 5.74) is 1.32. The van der Waals surface area contributed by atoms with E-state index in [1.165, 1.54) is 31.5 Å². The molecule has 1 aromatic rings. The molecule has 1 aliphatic rings. The Morgan fingerprint density at radius 2 is 1.88 bits per heavy atom. The molecule has 0 aliphatic carbocycles. The van der Waals surface area contributed by atoms with Gasteiger partial charge < -0.3 is 10.2 Å². The number of rotatable bonds is 4. The zero-order valence-electron chi connectivity index (χ0n) is 9.75. The van der Waals surface area contributed by atoms with Crippen molar-refractivity contribution in [3.63, 3.8) is 0 Å². The van der Waals surface area contributed by atoms with Gasteiger partial charge in [0.05, 0.1) is 0 Å². The van der Waals surface area contributed by atoms with Gasteiger partial charge in [0.15, 0.2) is 0 Å². The van der Waals surface area contributed by atoms with E-state index < -0.39 is 0 Å². The molecule has 1 aliphatic heterocycles. The fourth-order valence-corrected chi connectivity index (χ4v) is 2.41. The summed E-state index contributed by atoms with van der Waals surface area (Å²) in [7, 11) is 2.02. The third-order valence-corrected chi connectivity index (χ3v) is 3.51. The van der Waals surface area contributed by atoms with Crippen LogP contribution < -0.4 is 5.32 Å². The summed E-state index contributed by atoms with van der Waals surface area (Å²) in [6, 6.07) is 8.56. The van der Waals surface area contributed by atoms with Gasteiger partial charge in [-0.3, -0.25) is 0 Å². The highest BCUT2D eigenvalue weighted by atomic mass is 35.5. The van der Waals surface area contributed by atoms with Crippen molar-refractivity contribution in [2.75, 3.05) is 26.7 Å². The lowest BCUT2D eigenvalue weighted by atomic mass is 10.1.